The Balaban J connectivity index is 1.86. The number of thioether (sulfide) groups is 1. The molecule has 0 aromatic rings. The van der Waals surface area contributed by atoms with E-state index in [1.54, 1.807) is 0 Å². The lowest BCUT2D eigenvalue weighted by Crippen LogP contribution is -2.38. The van der Waals surface area contributed by atoms with Gasteiger partial charge in [-0.1, -0.05) is 17.7 Å². The highest BCUT2D eigenvalue weighted by atomic mass is 32.2. The molecule has 1 aliphatic heterocycles. The Morgan fingerprint density at radius 2 is 2.29 bits per heavy atom. The standard InChI is InChI=1S/C13H19NO2S/c1-13(2,3)16-12(15)14-10-4-5-11-9(8-10)6-7-17-11/h4-5,10H,6-8H2,1-3H3,(H,14,15). The van der Waals surface area contributed by atoms with E-state index in [1.807, 2.05) is 32.5 Å². The van der Waals surface area contributed by atoms with Crippen LogP contribution in [0, 0.1) is 0 Å². The van der Waals surface area contributed by atoms with Crippen molar-refractivity contribution in [1.82, 2.24) is 5.32 Å². The normalized spacial score (nSPS) is 23.6. The van der Waals surface area contributed by atoms with Crippen LogP contribution in [0.1, 0.15) is 33.6 Å². The molecule has 1 unspecified atom stereocenters. The van der Waals surface area contributed by atoms with Gasteiger partial charge in [0.2, 0.25) is 0 Å². The van der Waals surface area contributed by atoms with Gasteiger partial charge in [-0.25, -0.2) is 4.79 Å². The summed E-state index contributed by atoms with van der Waals surface area (Å²) in [7, 11) is 0. The van der Waals surface area contributed by atoms with Gasteiger partial charge < -0.3 is 10.1 Å². The summed E-state index contributed by atoms with van der Waals surface area (Å²) in [4.78, 5) is 13.0. The van der Waals surface area contributed by atoms with Gasteiger partial charge in [0.25, 0.3) is 0 Å². The van der Waals surface area contributed by atoms with Crippen LogP contribution >= 0.6 is 11.8 Å². The Morgan fingerprint density at radius 3 is 3.00 bits per heavy atom. The molecule has 0 radical (unpaired) electrons. The van der Waals surface area contributed by atoms with E-state index < -0.39 is 5.60 Å². The fourth-order valence-electron chi connectivity index (χ4n) is 1.97. The molecule has 0 spiro atoms. The zero-order valence-corrected chi connectivity index (χ0v) is 11.4. The zero-order chi connectivity index (χ0) is 12.5. The van der Waals surface area contributed by atoms with Crippen LogP contribution in [0.15, 0.2) is 22.6 Å². The number of carbonyl (C=O) groups excluding carboxylic acids is 1. The van der Waals surface area contributed by atoms with Crippen molar-refractivity contribution >= 4 is 17.9 Å². The second-order valence-electron chi connectivity index (χ2n) is 5.38. The monoisotopic (exact) mass is 253 g/mol. The predicted molar refractivity (Wildman–Crippen MR) is 71.0 cm³/mol. The van der Waals surface area contributed by atoms with Crippen molar-refractivity contribution in [3.8, 4) is 0 Å². The summed E-state index contributed by atoms with van der Waals surface area (Å²) in [5, 5.41) is 2.90. The summed E-state index contributed by atoms with van der Waals surface area (Å²) in [6.45, 7) is 5.62. The molecule has 2 rings (SSSR count). The Kier molecular flexibility index (Phi) is 3.52. The van der Waals surface area contributed by atoms with E-state index in [9.17, 15) is 4.79 Å². The van der Waals surface area contributed by atoms with Gasteiger partial charge in [0.15, 0.2) is 0 Å². The lowest BCUT2D eigenvalue weighted by atomic mass is 9.99. The lowest BCUT2D eigenvalue weighted by Gasteiger charge is -2.24. The fourth-order valence-corrected chi connectivity index (χ4v) is 3.11. The minimum atomic E-state index is -0.434. The maximum Gasteiger partial charge on any atom is 0.408 e. The first-order chi connectivity index (χ1) is 7.94. The number of allylic oxidation sites excluding steroid dienone is 1. The number of hydrogen-bond acceptors (Lipinski definition) is 3. The molecule has 1 heterocycles. The van der Waals surface area contributed by atoms with Crippen molar-refractivity contribution in [3.63, 3.8) is 0 Å². The van der Waals surface area contributed by atoms with Gasteiger partial charge in [-0.3, -0.25) is 0 Å². The highest BCUT2D eigenvalue weighted by Gasteiger charge is 2.23. The third kappa shape index (κ3) is 3.53. The lowest BCUT2D eigenvalue weighted by molar-refractivity contribution is 0.0514. The predicted octanol–water partition coefficient (Wildman–Crippen LogP) is 3.23. The second kappa shape index (κ2) is 4.77. The van der Waals surface area contributed by atoms with Crippen LogP contribution in [0.3, 0.4) is 0 Å². The van der Waals surface area contributed by atoms with Crippen molar-refractivity contribution in [2.24, 2.45) is 0 Å². The molecule has 0 bridgehead atoms. The molecule has 17 heavy (non-hydrogen) atoms. The molecular weight excluding hydrogens is 234 g/mol. The molecular formula is C13H19NO2S. The van der Waals surface area contributed by atoms with Crippen LogP contribution in [0.2, 0.25) is 0 Å². The molecule has 0 saturated heterocycles. The van der Waals surface area contributed by atoms with E-state index in [4.69, 9.17) is 4.74 Å². The average Bonchev–Trinajstić information content (AvgIpc) is 2.61. The van der Waals surface area contributed by atoms with E-state index in [0.29, 0.717) is 0 Å². The van der Waals surface area contributed by atoms with Gasteiger partial charge in [-0.05, 0) is 33.6 Å². The van der Waals surface area contributed by atoms with E-state index in [1.165, 1.54) is 16.2 Å². The van der Waals surface area contributed by atoms with Crippen LogP contribution < -0.4 is 5.32 Å². The molecule has 3 nitrogen and oxygen atoms in total. The summed E-state index contributed by atoms with van der Waals surface area (Å²) in [6.07, 6.45) is 5.93. The number of hydrogen-bond donors (Lipinski definition) is 1. The van der Waals surface area contributed by atoms with Gasteiger partial charge in [0, 0.05) is 10.7 Å². The molecule has 0 aromatic carbocycles. The zero-order valence-electron chi connectivity index (χ0n) is 10.6. The first-order valence-electron chi connectivity index (χ1n) is 5.96. The number of ether oxygens (including phenoxy) is 1. The molecule has 1 aliphatic carbocycles. The smallest absolute Gasteiger partial charge is 0.408 e. The van der Waals surface area contributed by atoms with E-state index in [2.05, 4.69) is 17.5 Å². The number of carbonyl (C=O) groups is 1. The molecule has 4 heteroatoms. The maximum absolute atomic E-state index is 11.6. The van der Waals surface area contributed by atoms with Gasteiger partial charge >= 0.3 is 6.09 Å². The first-order valence-corrected chi connectivity index (χ1v) is 6.95. The topological polar surface area (TPSA) is 38.3 Å². The van der Waals surface area contributed by atoms with Crippen LogP contribution in [0.4, 0.5) is 4.79 Å². The maximum atomic E-state index is 11.6. The summed E-state index contributed by atoms with van der Waals surface area (Å²) >= 11 is 1.91. The minimum absolute atomic E-state index is 0.0855. The van der Waals surface area contributed by atoms with E-state index >= 15 is 0 Å². The molecule has 0 saturated carbocycles. The summed E-state index contributed by atoms with van der Waals surface area (Å²) in [6, 6.07) is 0.0855. The number of alkyl carbamates (subject to hydrolysis) is 1. The summed E-state index contributed by atoms with van der Waals surface area (Å²) in [5.74, 6) is 1.17. The molecule has 1 N–H and O–H groups in total. The Hall–Kier alpha value is -0.900. The molecule has 1 atom stereocenters. The van der Waals surface area contributed by atoms with Crippen LogP contribution in [-0.2, 0) is 4.74 Å². The van der Waals surface area contributed by atoms with Crippen molar-refractivity contribution < 1.29 is 9.53 Å². The third-order valence-electron chi connectivity index (χ3n) is 2.66. The number of rotatable bonds is 1. The second-order valence-corrected chi connectivity index (χ2v) is 6.52. The van der Waals surface area contributed by atoms with Crippen molar-refractivity contribution in [2.75, 3.05) is 5.75 Å². The van der Waals surface area contributed by atoms with Crippen LogP contribution in [-0.4, -0.2) is 23.5 Å². The van der Waals surface area contributed by atoms with Gasteiger partial charge in [-0.2, -0.15) is 0 Å². The first kappa shape index (κ1) is 12.6. The molecule has 0 fully saturated rings. The van der Waals surface area contributed by atoms with E-state index in [0.717, 1.165) is 12.8 Å². The Labute approximate surface area is 107 Å². The molecule has 1 amide bonds. The third-order valence-corrected chi connectivity index (χ3v) is 3.80. The highest BCUT2D eigenvalue weighted by Crippen LogP contribution is 2.37. The van der Waals surface area contributed by atoms with Crippen molar-refractivity contribution in [1.29, 1.82) is 0 Å². The largest absolute Gasteiger partial charge is 0.444 e. The molecule has 94 valence electrons. The minimum Gasteiger partial charge on any atom is -0.444 e. The SMILES string of the molecule is CC(C)(C)OC(=O)NC1C=CC2=C(CCS2)C1. The van der Waals surface area contributed by atoms with Crippen LogP contribution in [0.25, 0.3) is 0 Å². The van der Waals surface area contributed by atoms with E-state index in [-0.39, 0.29) is 12.1 Å². The van der Waals surface area contributed by atoms with Gasteiger partial charge in [0.1, 0.15) is 5.60 Å². The average molecular weight is 253 g/mol. The molecule has 0 aromatic heterocycles. The number of amides is 1. The van der Waals surface area contributed by atoms with Crippen molar-refractivity contribution in [3.05, 3.63) is 22.6 Å². The summed E-state index contributed by atoms with van der Waals surface area (Å²) in [5.41, 5.74) is 1.04. The Bertz CT molecular complexity index is 379. The van der Waals surface area contributed by atoms with Gasteiger partial charge in [0.05, 0.1) is 6.04 Å². The fraction of sp³-hybridized carbons (Fsp3) is 0.615. The number of nitrogens with one attached hydrogen (secondary N) is 1. The Morgan fingerprint density at radius 1 is 1.53 bits per heavy atom. The highest BCUT2D eigenvalue weighted by molar-refractivity contribution is 8.03. The summed E-state index contributed by atoms with van der Waals surface area (Å²) < 4.78 is 5.25. The van der Waals surface area contributed by atoms with Gasteiger partial charge in [-0.15, -0.1) is 11.8 Å². The quantitative estimate of drug-likeness (QED) is 0.779. The molecule has 2 aliphatic rings. The van der Waals surface area contributed by atoms with Crippen LogP contribution in [0.5, 0.6) is 0 Å². The van der Waals surface area contributed by atoms with Crippen molar-refractivity contribution in [2.45, 2.75) is 45.3 Å².